The fourth-order valence-electron chi connectivity index (χ4n) is 2.37. The van der Waals surface area contributed by atoms with Gasteiger partial charge in [0, 0.05) is 17.7 Å². The molecule has 0 N–H and O–H groups in total. The lowest BCUT2D eigenvalue weighted by Crippen LogP contribution is -2.28. The Morgan fingerprint density at radius 1 is 1.22 bits per heavy atom. The van der Waals surface area contributed by atoms with Crippen molar-refractivity contribution in [1.82, 2.24) is 19.8 Å². The van der Waals surface area contributed by atoms with Crippen LogP contribution in [0, 0.1) is 13.8 Å². The Bertz CT molecular complexity index is 828. The van der Waals surface area contributed by atoms with Crippen molar-refractivity contribution in [3.63, 3.8) is 0 Å². The molecule has 1 aromatic carbocycles. The van der Waals surface area contributed by atoms with Crippen molar-refractivity contribution in [2.45, 2.75) is 27.1 Å². The van der Waals surface area contributed by atoms with E-state index < -0.39 is 5.76 Å². The fraction of sp³-hybridized carbons (Fsp3) is 0.312. The normalized spacial score (nSPS) is 11.3. The number of hydrogen-bond acceptors (Lipinski definition) is 6. The number of nitrogens with zero attached hydrogens (tertiary/aromatic N) is 4. The molecular formula is C16H18N4O3. The molecule has 0 atom stereocenters. The zero-order valence-electron chi connectivity index (χ0n) is 13.3. The van der Waals surface area contributed by atoms with E-state index in [1.54, 1.807) is 0 Å². The molecule has 7 heteroatoms. The third kappa shape index (κ3) is 3.24. The summed E-state index contributed by atoms with van der Waals surface area (Å²) in [5.74, 6) is 0.627. The Labute approximate surface area is 133 Å². The summed E-state index contributed by atoms with van der Waals surface area (Å²) < 4.78 is 11.7. The molecule has 23 heavy (non-hydrogen) atoms. The van der Waals surface area contributed by atoms with Gasteiger partial charge < -0.3 is 8.94 Å². The van der Waals surface area contributed by atoms with E-state index in [-0.39, 0.29) is 0 Å². The molecule has 0 unspecified atom stereocenters. The highest BCUT2D eigenvalue weighted by molar-refractivity contribution is 5.51. The molecule has 0 amide bonds. The van der Waals surface area contributed by atoms with Crippen molar-refractivity contribution < 1.29 is 8.94 Å². The van der Waals surface area contributed by atoms with E-state index in [0.717, 1.165) is 22.6 Å². The van der Waals surface area contributed by atoms with E-state index in [9.17, 15) is 4.79 Å². The molecule has 0 saturated carbocycles. The van der Waals surface area contributed by atoms with Gasteiger partial charge in [-0.2, -0.15) is 4.68 Å². The topological polar surface area (TPSA) is 77.3 Å². The van der Waals surface area contributed by atoms with E-state index in [4.69, 9.17) is 8.94 Å². The van der Waals surface area contributed by atoms with Crippen molar-refractivity contribution >= 4 is 0 Å². The summed E-state index contributed by atoms with van der Waals surface area (Å²) in [5, 5.41) is 8.18. The third-order valence-electron chi connectivity index (χ3n) is 3.61. The fourth-order valence-corrected chi connectivity index (χ4v) is 2.37. The second-order valence-corrected chi connectivity index (χ2v) is 5.50. The van der Waals surface area contributed by atoms with Gasteiger partial charge in [0.25, 0.3) is 0 Å². The lowest BCUT2D eigenvalue weighted by Gasteiger charge is -2.14. The van der Waals surface area contributed by atoms with E-state index in [2.05, 4.69) is 10.3 Å². The summed E-state index contributed by atoms with van der Waals surface area (Å²) in [7, 11) is 1.90. The molecule has 7 nitrogen and oxygen atoms in total. The van der Waals surface area contributed by atoms with Gasteiger partial charge in [-0.25, -0.2) is 4.79 Å². The van der Waals surface area contributed by atoms with E-state index in [1.165, 1.54) is 4.68 Å². The van der Waals surface area contributed by atoms with Crippen molar-refractivity contribution in [1.29, 1.82) is 0 Å². The zero-order chi connectivity index (χ0) is 16.4. The van der Waals surface area contributed by atoms with Crippen LogP contribution in [0.15, 0.2) is 44.1 Å². The lowest BCUT2D eigenvalue weighted by atomic mass is 10.2. The SMILES string of the molecule is Cc1noc(C)c1CN(C)Cn1nc(-c2ccccc2)oc1=O. The van der Waals surface area contributed by atoms with Gasteiger partial charge in [-0.15, -0.1) is 5.10 Å². The number of rotatable bonds is 5. The lowest BCUT2D eigenvalue weighted by molar-refractivity contribution is 0.235. The van der Waals surface area contributed by atoms with Crippen LogP contribution in [0.2, 0.25) is 0 Å². The summed E-state index contributed by atoms with van der Waals surface area (Å²) in [4.78, 5) is 13.9. The summed E-state index contributed by atoms with van der Waals surface area (Å²) in [6.45, 7) is 4.70. The van der Waals surface area contributed by atoms with E-state index in [1.807, 2.05) is 56.1 Å². The highest BCUT2D eigenvalue weighted by Crippen LogP contribution is 2.16. The van der Waals surface area contributed by atoms with Crippen LogP contribution in [0.3, 0.4) is 0 Å². The first-order chi connectivity index (χ1) is 11.0. The van der Waals surface area contributed by atoms with Crippen LogP contribution in [0.25, 0.3) is 11.5 Å². The molecule has 0 aliphatic carbocycles. The van der Waals surface area contributed by atoms with Crippen LogP contribution in [0.1, 0.15) is 17.0 Å². The number of hydrogen-bond donors (Lipinski definition) is 0. The van der Waals surface area contributed by atoms with Crippen LogP contribution in [0.5, 0.6) is 0 Å². The molecule has 3 rings (SSSR count). The molecular weight excluding hydrogens is 296 g/mol. The summed E-state index contributed by atoms with van der Waals surface area (Å²) in [6.07, 6.45) is 0. The molecule has 2 heterocycles. The van der Waals surface area contributed by atoms with Gasteiger partial charge in [-0.05, 0) is 33.0 Å². The zero-order valence-corrected chi connectivity index (χ0v) is 13.3. The minimum atomic E-state index is -0.477. The molecule has 120 valence electrons. The van der Waals surface area contributed by atoms with Gasteiger partial charge in [0.2, 0.25) is 5.89 Å². The van der Waals surface area contributed by atoms with Crippen molar-refractivity contribution in [3.05, 3.63) is 57.9 Å². The Morgan fingerprint density at radius 2 is 1.96 bits per heavy atom. The Morgan fingerprint density at radius 3 is 2.61 bits per heavy atom. The van der Waals surface area contributed by atoms with Crippen LogP contribution < -0.4 is 5.76 Å². The van der Waals surface area contributed by atoms with Gasteiger partial charge in [-0.3, -0.25) is 4.90 Å². The quantitative estimate of drug-likeness (QED) is 0.718. The third-order valence-corrected chi connectivity index (χ3v) is 3.61. The average Bonchev–Trinajstić information content (AvgIpc) is 3.06. The smallest absolute Gasteiger partial charge is 0.388 e. The summed E-state index contributed by atoms with van der Waals surface area (Å²) in [5.41, 5.74) is 2.65. The average molecular weight is 314 g/mol. The van der Waals surface area contributed by atoms with Gasteiger partial charge in [0.05, 0.1) is 5.69 Å². The van der Waals surface area contributed by atoms with Crippen LogP contribution in [0.4, 0.5) is 0 Å². The first-order valence-electron chi connectivity index (χ1n) is 7.28. The second-order valence-electron chi connectivity index (χ2n) is 5.50. The molecule has 0 aliphatic rings. The Kier molecular flexibility index (Phi) is 4.12. The summed E-state index contributed by atoms with van der Waals surface area (Å²) >= 11 is 0. The molecule has 2 aromatic heterocycles. The maximum Gasteiger partial charge on any atom is 0.438 e. The number of aromatic nitrogens is 3. The first kappa shape index (κ1) is 15.2. The Balaban J connectivity index is 1.76. The Hall–Kier alpha value is -2.67. The van der Waals surface area contributed by atoms with Gasteiger partial charge >= 0.3 is 5.76 Å². The number of aryl methyl sites for hydroxylation is 2. The van der Waals surface area contributed by atoms with Crippen molar-refractivity contribution in [2.24, 2.45) is 0 Å². The first-order valence-corrected chi connectivity index (χ1v) is 7.28. The molecule has 3 aromatic rings. The van der Waals surface area contributed by atoms with Gasteiger partial charge in [0.1, 0.15) is 12.4 Å². The molecule has 0 spiro atoms. The maximum absolute atomic E-state index is 12.0. The largest absolute Gasteiger partial charge is 0.438 e. The van der Waals surface area contributed by atoms with Crippen LogP contribution in [-0.4, -0.2) is 26.9 Å². The van der Waals surface area contributed by atoms with Gasteiger partial charge in [0.15, 0.2) is 0 Å². The predicted molar refractivity (Wildman–Crippen MR) is 83.6 cm³/mol. The highest BCUT2D eigenvalue weighted by Gasteiger charge is 2.15. The number of benzene rings is 1. The van der Waals surface area contributed by atoms with Crippen LogP contribution in [-0.2, 0) is 13.2 Å². The highest BCUT2D eigenvalue weighted by atomic mass is 16.5. The standard InChI is InChI=1S/C16H18N4O3/c1-11-14(12(2)23-18-11)9-19(3)10-20-16(21)22-15(17-20)13-7-5-4-6-8-13/h4-8H,9-10H2,1-3H3. The molecule has 0 radical (unpaired) electrons. The van der Waals surface area contributed by atoms with Gasteiger partial charge in [-0.1, -0.05) is 23.4 Å². The minimum Gasteiger partial charge on any atom is -0.388 e. The second kappa shape index (κ2) is 6.21. The predicted octanol–water partition coefficient (Wildman–Crippen LogP) is 2.20. The van der Waals surface area contributed by atoms with E-state index in [0.29, 0.717) is 19.1 Å². The van der Waals surface area contributed by atoms with E-state index >= 15 is 0 Å². The maximum atomic E-state index is 12.0. The van der Waals surface area contributed by atoms with Crippen molar-refractivity contribution in [3.8, 4) is 11.5 Å². The molecule has 0 saturated heterocycles. The molecule has 0 fully saturated rings. The summed E-state index contributed by atoms with van der Waals surface area (Å²) in [6, 6.07) is 9.35. The van der Waals surface area contributed by atoms with Crippen LogP contribution >= 0.6 is 0 Å². The monoisotopic (exact) mass is 314 g/mol. The molecule has 0 bridgehead atoms. The molecule has 0 aliphatic heterocycles. The van der Waals surface area contributed by atoms with Crippen molar-refractivity contribution in [2.75, 3.05) is 7.05 Å². The minimum absolute atomic E-state index is 0.319.